The van der Waals surface area contributed by atoms with Crippen molar-refractivity contribution < 1.29 is 23.9 Å². The molecule has 1 aromatic carbocycles. The Kier molecular flexibility index (Phi) is 6.23. The summed E-state index contributed by atoms with van der Waals surface area (Å²) in [6, 6.07) is 4.39. The molecule has 0 amide bonds. The lowest BCUT2D eigenvalue weighted by Gasteiger charge is -2.51. The van der Waals surface area contributed by atoms with E-state index < -0.39 is 0 Å². The molecule has 0 aromatic heterocycles. The second-order valence-corrected chi connectivity index (χ2v) is 12.0. The first kappa shape index (κ1) is 24.9. The fourth-order valence-corrected chi connectivity index (χ4v) is 7.71. The predicted molar refractivity (Wildman–Crippen MR) is 131 cm³/mol. The van der Waals surface area contributed by atoms with Crippen molar-refractivity contribution in [2.75, 3.05) is 7.11 Å². The fourth-order valence-electron chi connectivity index (χ4n) is 7.71. The number of Topliss-reactive ketones (excluding diaryl/α,β-unsaturated/α-hetero) is 1. The van der Waals surface area contributed by atoms with E-state index in [1.54, 1.807) is 0 Å². The van der Waals surface area contributed by atoms with Gasteiger partial charge in [-0.05, 0) is 71.5 Å². The Morgan fingerprint density at radius 3 is 2.44 bits per heavy atom. The van der Waals surface area contributed by atoms with Crippen molar-refractivity contribution >= 4 is 17.7 Å². The van der Waals surface area contributed by atoms with Crippen LogP contribution in [0.1, 0.15) is 107 Å². The predicted octanol–water partition coefficient (Wildman–Crippen LogP) is 5.69. The van der Waals surface area contributed by atoms with Crippen molar-refractivity contribution in [1.29, 1.82) is 0 Å². The normalized spacial score (nSPS) is 32.3. The molecule has 0 radical (unpaired) electrons. The Balaban J connectivity index is 1.72. The van der Waals surface area contributed by atoms with Crippen LogP contribution >= 0.6 is 0 Å². The molecule has 3 unspecified atom stereocenters. The van der Waals surface area contributed by atoms with E-state index in [4.69, 9.17) is 9.47 Å². The van der Waals surface area contributed by atoms with Crippen LogP contribution in [0.3, 0.4) is 0 Å². The Morgan fingerprint density at radius 1 is 1.12 bits per heavy atom. The van der Waals surface area contributed by atoms with E-state index in [0.717, 1.165) is 43.2 Å². The molecule has 0 bridgehead atoms. The van der Waals surface area contributed by atoms with E-state index in [1.165, 1.54) is 25.2 Å². The van der Waals surface area contributed by atoms with Crippen LogP contribution in [-0.4, -0.2) is 30.9 Å². The van der Waals surface area contributed by atoms with Gasteiger partial charge in [-0.2, -0.15) is 0 Å². The molecular weight excluding hydrogens is 428 g/mol. The van der Waals surface area contributed by atoms with Gasteiger partial charge in [0.15, 0.2) is 5.78 Å². The largest absolute Gasteiger partial charge is 0.469 e. The van der Waals surface area contributed by atoms with Crippen LogP contribution in [-0.2, 0) is 36.3 Å². The molecule has 5 nitrogen and oxygen atoms in total. The van der Waals surface area contributed by atoms with E-state index in [-0.39, 0.29) is 40.1 Å². The van der Waals surface area contributed by atoms with Crippen LogP contribution in [0.5, 0.6) is 0 Å². The summed E-state index contributed by atoms with van der Waals surface area (Å²) in [6.45, 7) is 12.6. The topological polar surface area (TPSA) is 69.7 Å². The molecule has 0 saturated heterocycles. The summed E-state index contributed by atoms with van der Waals surface area (Å²) in [5, 5.41) is 0. The third kappa shape index (κ3) is 3.61. The van der Waals surface area contributed by atoms with Crippen LogP contribution < -0.4 is 0 Å². The maximum Gasteiger partial charge on any atom is 0.305 e. The maximum atomic E-state index is 13.8. The highest BCUT2D eigenvalue weighted by Gasteiger charge is 2.60. The van der Waals surface area contributed by atoms with Crippen molar-refractivity contribution in [3.05, 3.63) is 34.4 Å². The second-order valence-electron chi connectivity index (χ2n) is 12.0. The van der Waals surface area contributed by atoms with Crippen LogP contribution in [0.25, 0.3) is 0 Å². The molecule has 3 aliphatic rings. The summed E-state index contributed by atoms with van der Waals surface area (Å²) < 4.78 is 10.5. The van der Waals surface area contributed by atoms with Gasteiger partial charge in [0.1, 0.15) is 6.10 Å². The molecular formula is C29H40O5. The molecule has 0 N–H and O–H groups in total. The minimum atomic E-state index is -0.336. The summed E-state index contributed by atoms with van der Waals surface area (Å²) in [5.74, 6) is 0.573. The molecule has 4 rings (SSSR count). The van der Waals surface area contributed by atoms with E-state index in [0.29, 0.717) is 24.7 Å². The summed E-state index contributed by atoms with van der Waals surface area (Å²) >= 11 is 0. The molecule has 1 saturated carbocycles. The Morgan fingerprint density at radius 2 is 1.79 bits per heavy atom. The molecule has 1 fully saturated rings. The van der Waals surface area contributed by atoms with Gasteiger partial charge in [0, 0.05) is 30.7 Å². The van der Waals surface area contributed by atoms with Gasteiger partial charge < -0.3 is 9.47 Å². The maximum absolute atomic E-state index is 13.8. The van der Waals surface area contributed by atoms with Crippen LogP contribution in [0.4, 0.5) is 0 Å². The number of esters is 2. The highest BCUT2D eigenvalue weighted by atomic mass is 16.5. The van der Waals surface area contributed by atoms with Gasteiger partial charge in [0.2, 0.25) is 0 Å². The van der Waals surface area contributed by atoms with Crippen LogP contribution in [0.15, 0.2) is 12.1 Å². The van der Waals surface area contributed by atoms with Crippen molar-refractivity contribution in [3.8, 4) is 0 Å². The van der Waals surface area contributed by atoms with Crippen molar-refractivity contribution in [3.63, 3.8) is 0 Å². The van der Waals surface area contributed by atoms with Gasteiger partial charge in [-0.25, -0.2) is 0 Å². The van der Waals surface area contributed by atoms with Crippen LogP contribution in [0, 0.1) is 17.3 Å². The molecule has 0 aliphatic heterocycles. The quantitative estimate of drug-likeness (QED) is 0.519. The number of carbonyl (C=O) groups is 3. The van der Waals surface area contributed by atoms with Gasteiger partial charge in [0.25, 0.3) is 0 Å². The molecule has 1 aromatic rings. The van der Waals surface area contributed by atoms with E-state index >= 15 is 0 Å². The highest BCUT2D eigenvalue weighted by Crippen LogP contribution is 2.65. The highest BCUT2D eigenvalue weighted by molar-refractivity contribution is 6.02. The molecule has 34 heavy (non-hydrogen) atoms. The van der Waals surface area contributed by atoms with E-state index in [2.05, 4.69) is 46.8 Å². The number of rotatable bonds is 5. The van der Waals surface area contributed by atoms with Gasteiger partial charge in [-0.3, -0.25) is 14.4 Å². The Bertz CT molecular complexity index is 1020. The average molecular weight is 469 g/mol. The number of benzene rings is 1. The average Bonchev–Trinajstić information content (AvgIpc) is 3.04. The number of ketones is 1. The number of methoxy groups -OCH3 is 1. The Labute approximate surface area is 204 Å². The van der Waals surface area contributed by atoms with Crippen molar-refractivity contribution in [1.82, 2.24) is 0 Å². The number of carbonyl (C=O) groups excluding carboxylic acids is 3. The van der Waals surface area contributed by atoms with Crippen LogP contribution in [0.2, 0.25) is 0 Å². The second kappa shape index (κ2) is 8.49. The van der Waals surface area contributed by atoms with Gasteiger partial charge in [-0.15, -0.1) is 0 Å². The zero-order valence-electron chi connectivity index (χ0n) is 21.9. The molecule has 5 heteroatoms. The lowest BCUT2D eigenvalue weighted by Crippen LogP contribution is -2.49. The SMILES string of the molecule is COC(=O)CCC(C)C1CC[C@@]2(C)c3ccc4c(c3C(=O)C[C@]12C)CCC(OC(C)=O)C4(C)C. The van der Waals surface area contributed by atoms with Crippen molar-refractivity contribution in [2.24, 2.45) is 17.3 Å². The fraction of sp³-hybridized carbons (Fsp3) is 0.690. The van der Waals surface area contributed by atoms with Gasteiger partial charge in [-0.1, -0.05) is 46.8 Å². The minimum absolute atomic E-state index is 0.0770. The molecule has 186 valence electrons. The zero-order valence-corrected chi connectivity index (χ0v) is 21.9. The van der Waals surface area contributed by atoms with Gasteiger partial charge >= 0.3 is 11.9 Å². The van der Waals surface area contributed by atoms with Gasteiger partial charge in [0.05, 0.1) is 7.11 Å². The molecule has 5 atom stereocenters. The Hall–Kier alpha value is -2.17. The number of ether oxygens (including phenoxy) is 2. The first-order valence-corrected chi connectivity index (χ1v) is 12.8. The molecule has 0 heterocycles. The van der Waals surface area contributed by atoms with E-state index in [9.17, 15) is 14.4 Å². The smallest absolute Gasteiger partial charge is 0.305 e. The lowest BCUT2D eigenvalue weighted by molar-refractivity contribution is -0.150. The number of hydrogen-bond donors (Lipinski definition) is 0. The lowest BCUT2D eigenvalue weighted by atomic mass is 9.52. The molecule has 3 aliphatic carbocycles. The summed E-state index contributed by atoms with van der Waals surface area (Å²) in [6.07, 6.45) is 5.21. The third-order valence-electron chi connectivity index (χ3n) is 9.93. The summed E-state index contributed by atoms with van der Waals surface area (Å²) in [4.78, 5) is 37.3. The monoisotopic (exact) mass is 468 g/mol. The first-order chi connectivity index (χ1) is 15.9. The molecule has 0 spiro atoms. The summed E-state index contributed by atoms with van der Waals surface area (Å²) in [5.41, 5.74) is 3.91. The van der Waals surface area contributed by atoms with Crippen molar-refractivity contribution in [2.45, 2.75) is 103 Å². The standard InChI is InChI=1S/C29H40O5/c1-17(8-13-25(32)33-7)20-14-15-28(5)22-11-10-21-19(26(22)23(31)16-29(20,28)6)9-12-24(27(21,3)4)34-18(2)30/h10-11,17,20,24H,8-9,12-16H2,1-7H3/t17?,20?,24?,28-,29+/m0/s1. The number of hydrogen-bond acceptors (Lipinski definition) is 5. The summed E-state index contributed by atoms with van der Waals surface area (Å²) in [7, 11) is 1.44. The van der Waals surface area contributed by atoms with E-state index in [1.807, 2.05) is 0 Å². The first-order valence-electron chi connectivity index (χ1n) is 12.8. The number of fused-ring (bicyclic) bond motifs is 5. The third-order valence-corrected chi connectivity index (χ3v) is 9.93. The minimum Gasteiger partial charge on any atom is -0.469 e. The zero-order chi connectivity index (χ0) is 25.1.